The summed E-state index contributed by atoms with van der Waals surface area (Å²) in [4.78, 5) is 14.0. The summed E-state index contributed by atoms with van der Waals surface area (Å²) in [6, 6.07) is 17.4. The molecule has 2 atom stereocenters. The zero-order valence-corrected chi connectivity index (χ0v) is 18.0. The van der Waals surface area contributed by atoms with Crippen molar-refractivity contribution in [3.8, 4) is 0 Å². The maximum atomic E-state index is 12.0. The summed E-state index contributed by atoms with van der Waals surface area (Å²) in [6.45, 7) is 4.61. The van der Waals surface area contributed by atoms with E-state index in [1.54, 1.807) is 28.6 Å². The molecule has 2 N–H and O–H groups in total. The first-order valence-corrected chi connectivity index (χ1v) is 11.2. The average molecular weight is 432 g/mol. The van der Waals surface area contributed by atoms with Crippen LogP contribution in [0.5, 0.6) is 0 Å². The van der Waals surface area contributed by atoms with E-state index in [-0.39, 0.29) is 6.04 Å². The van der Waals surface area contributed by atoms with E-state index < -0.39 is 17.2 Å². The number of benzene rings is 2. The van der Waals surface area contributed by atoms with Crippen LogP contribution in [-0.4, -0.2) is 63.8 Å². The minimum Gasteiger partial charge on any atom is -0.465 e. The van der Waals surface area contributed by atoms with E-state index in [0.29, 0.717) is 18.7 Å². The molecule has 1 heterocycles. The smallest absolute Gasteiger partial charge is 0.337 e. The standard InChI is InChI=1S/C22H29N3O4S/c1-29-22(26)20-9-7-18(8-10-20)17-25(30(27)28)14-11-21(19-5-3-2-4-6-19)24-15-12-23-13-16-24/h2-10,21,23H,11-17H2,1H3,(H,27,28). The lowest BCUT2D eigenvalue weighted by Gasteiger charge is -2.36. The monoisotopic (exact) mass is 431 g/mol. The van der Waals surface area contributed by atoms with Gasteiger partial charge < -0.3 is 10.1 Å². The predicted molar refractivity (Wildman–Crippen MR) is 117 cm³/mol. The van der Waals surface area contributed by atoms with Crippen LogP contribution in [-0.2, 0) is 22.5 Å². The second kappa shape index (κ2) is 11.3. The number of esters is 1. The Balaban J connectivity index is 1.68. The average Bonchev–Trinajstić information content (AvgIpc) is 2.79. The van der Waals surface area contributed by atoms with E-state index in [1.165, 1.54) is 12.7 Å². The number of rotatable bonds is 9. The minimum atomic E-state index is -2.09. The van der Waals surface area contributed by atoms with Gasteiger partial charge in [0.15, 0.2) is 0 Å². The van der Waals surface area contributed by atoms with Crippen LogP contribution in [0.1, 0.15) is 33.9 Å². The molecular weight excluding hydrogens is 402 g/mol. The molecule has 2 aromatic rings. The second-order valence-electron chi connectivity index (χ2n) is 7.28. The number of ether oxygens (including phenoxy) is 1. The molecule has 0 amide bonds. The first kappa shape index (κ1) is 22.6. The van der Waals surface area contributed by atoms with Gasteiger partial charge in [0.1, 0.15) is 0 Å². The summed E-state index contributed by atoms with van der Waals surface area (Å²) in [5, 5.41) is 3.38. The van der Waals surface area contributed by atoms with Crippen molar-refractivity contribution in [3.05, 3.63) is 71.3 Å². The van der Waals surface area contributed by atoms with Crippen LogP contribution >= 0.6 is 0 Å². The lowest BCUT2D eigenvalue weighted by Crippen LogP contribution is -2.45. The molecule has 1 fully saturated rings. The largest absolute Gasteiger partial charge is 0.465 e. The molecule has 3 rings (SSSR count). The van der Waals surface area contributed by atoms with E-state index in [9.17, 15) is 13.6 Å². The molecule has 7 nitrogen and oxygen atoms in total. The number of carbonyl (C=O) groups is 1. The van der Waals surface area contributed by atoms with Gasteiger partial charge in [0.2, 0.25) is 11.3 Å². The van der Waals surface area contributed by atoms with Gasteiger partial charge in [-0.3, -0.25) is 9.45 Å². The second-order valence-corrected chi connectivity index (χ2v) is 8.26. The Kier molecular flexibility index (Phi) is 8.53. The van der Waals surface area contributed by atoms with Gasteiger partial charge in [-0.2, -0.15) is 4.31 Å². The van der Waals surface area contributed by atoms with Crippen LogP contribution in [0.25, 0.3) is 0 Å². The van der Waals surface area contributed by atoms with E-state index in [0.717, 1.165) is 38.2 Å². The minimum absolute atomic E-state index is 0.195. The summed E-state index contributed by atoms with van der Waals surface area (Å²) in [6.07, 6.45) is 0.747. The number of piperazine rings is 1. The zero-order chi connectivity index (χ0) is 21.3. The fourth-order valence-corrected chi connectivity index (χ4v) is 4.30. The van der Waals surface area contributed by atoms with Gasteiger partial charge in [0, 0.05) is 45.3 Å². The predicted octanol–water partition coefficient (Wildman–Crippen LogP) is 2.45. The van der Waals surface area contributed by atoms with Gasteiger partial charge in [-0.15, -0.1) is 0 Å². The third-order valence-corrected chi connectivity index (χ3v) is 6.14. The third kappa shape index (κ3) is 6.20. The maximum Gasteiger partial charge on any atom is 0.337 e. The van der Waals surface area contributed by atoms with Gasteiger partial charge in [-0.1, -0.05) is 42.5 Å². The van der Waals surface area contributed by atoms with E-state index in [4.69, 9.17) is 4.74 Å². The zero-order valence-electron chi connectivity index (χ0n) is 17.2. The summed E-state index contributed by atoms with van der Waals surface area (Å²) in [5.41, 5.74) is 2.55. The number of nitrogens with zero attached hydrogens (tertiary/aromatic N) is 2. The van der Waals surface area contributed by atoms with Gasteiger partial charge >= 0.3 is 5.97 Å². The number of hydrogen-bond donors (Lipinski definition) is 2. The summed E-state index contributed by atoms with van der Waals surface area (Å²) in [7, 11) is 1.34. The quantitative estimate of drug-likeness (QED) is 0.469. The van der Waals surface area contributed by atoms with Crippen LogP contribution in [0, 0.1) is 0 Å². The molecule has 2 aromatic carbocycles. The maximum absolute atomic E-state index is 12.0. The van der Waals surface area contributed by atoms with Gasteiger partial charge in [0.05, 0.1) is 12.7 Å². The molecule has 0 spiro atoms. The molecule has 1 saturated heterocycles. The molecule has 0 aromatic heterocycles. The molecule has 0 radical (unpaired) electrons. The van der Waals surface area contributed by atoms with Crippen LogP contribution in [0.15, 0.2) is 54.6 Å². The lowest BCUT2D eigenvalue weighted by molar-refractivity contribution is 0.0600. The highest BCUT2D eigenvalue weighted by Gasteiger charge is 2.24. The highest BCUT2D eigenvalue weighted by molar-refractivity contribution is 7.76. The van der Waals surface area contributed by atoms with Crippen LogP contribution in [0.3, 0.4) is 0 Å². The lowest BCUT2D eigenvalue weighted by atomic mass is 10.0. The van der Waals surface area contributed by atoms with Crippen molar-refractivity contribution in [3.63, 3.8) is 0 Å². The molecule has 30 heavy (non-hydrogen) atoms. The molecule has 0 bridgehead atoms. The number of carbonyl (C=O) groups excluding carboxylic acids is 1. The summed E-state index contributed by atoms with van der Waals surface area (Å²) >= 11 is -2.09. The molecule has 8 heteroatoms. The van der Waals surface area contributed by atoms with E-state index in [2.05, 4.69) is 22.3 Å². The number of hydrogen-bond acceptors (Lipinski definition) is 5. The Morgan fingerprint density at radius 3 is 2.43 bits per heavy atom. The van der Waals surface area contributed by atoms with Gasteiger partial charge in [0.25, 0.3) is 0 Å². The highest BCUT2D eigenvalue weighted by Crippen LogP contribution is 2.25. The topological polar surface area (TPSA) is 82.1 Å². The summed E-state index contributed by atoms with van der Waals surface area (Å²) < 4.78 is 28.1. The van der Waals surface area contributed by atoms with Crippen LogP contribution in [0.4, 0.5) is 0 Å². The molecule has 0 aliphatic carbocycles. The van der Waals surface area contributed by atoms with Crippen molar-refractivity contribution in [2.24, 2.45) is 0 Å². The Bertz CT molecular complexity index is 826. The normalized spacial score (nSPS) is 16.9. The van der Waals surface area contributed by atoms with E-state index in [1.807, 2.05) is 18.2 Å². The Morgan fingerprint density at radius 2 is 1.83 bits per heavy atom. The molecule has 162 valence electrons. The van der Waals surface area contributed by atoms with Crippen molar-refractivity contribution in [2.75, 3.05) is 39.8 Å². The Morgan fingerprint density at radius 1 is 1.17 bits per heavy atom. The first-order valence-electron chi connectivity index (χ1n) is 10.1. The third-order valence-electron chi connectivity index (χ3n) is 5.38. The number of nitrogens with one attached hydrogen (secondary N) is 1. The van der Waals surface area contributed by atoms with Gasteiger partial charge in [-0.05, 0) is 29.7 Å². The highest BCUT2D eigenvalue weighted by atomic mass is 32.2. The fraction of sp³-hybridized carbons (Fsp3) is 0.409. The van der Waals surface area contributed by atoms with Crippen molar-refractivity contribution in [1.29, 1.82) is 0 Å². The molecule has 1 aliphatic rings. The van der Waals surface area contributed by atoms with Crippen molar-refractivity contribution >= 4 is 17.2 Å². The van der Waals surface area contributed by atoms with Crippen molar-refractivity contribution < 1.29 is 18.3 Å². The Hall–Kier alpha value is -2.10. The molecular formula is C22H29N3O4S. The van der Waals surface area contributed by atoms with E-state index >= 15 is 0 Å². The molecule has 1 aliphatic heterocycles. The Labute approximate surface area is 180 Å². The van der Waals surface area contributed by atoms with Crippen molar-refractivity contribution in [1.82, 2.24) is 14.5 Å². The summed E-state index contributed by atoms with van der Waals surface area (Å²) in [5.74, 6) is -0.397. The first-order chi connectivity index (χ1) is 14.6. The van der Waals surface area contributed by atoms with Crippen LogP contribution < -0.4 is 5.32 Å². The fourth-order valence-electron chi connectivity index (χ4n) is 3.78. The molecule has 0 saturated carbocycles. The van der Waals surface area contributed by atoms with Crippen LogP contribution in [0.2, 0.25) is 0 Å². The SMILES string of the molecule is COC(=O)c1ccc(CN(CCC(c2ccccc2)N2CCNCC2)S(=O)O)cc1. The van der Waals surface area contributed by atoms with Gasteiger partial charge in [-0.25, -0.2) is 9.00 Å². The van der Waals surface area contributed by atoms with Crippen molar-refractivity contribution in [2.45, 2.75) is 19.0 Å². The molecule has 2 unspecified atom stereocenters. The number of methoxy groups -OCH3 is 1.